The minimum Gasteiger partial charge on any atom is -0.352 e. The summed E-state index contributed by atoms with van der Waals surface area (Å²) in [5.74, 6) is -0.273. The van der Waals surface area contributed by atoms with Crippen molar-refractivity contribution in [3.05, 3.63) is 63.5 Å². The molecule has 7 heteroatoms. The molecule has 122 valence electrons. The summed E-state index contributed by atoms with van der Waals surface area (Å²) in [5.41, 5.74) is 1.20. The number of carbonyl (C=O) groups excluding carboxylic acids is 2. The molecule has 1 amide bonds. The number of nitrogens with zero attached hydrogens (tertiary/aromatic N) is 2. The Morgan fingerprint density at radius 1 is 1.21 bits per heavy atom. The normalized spacial score (nSPS) is 10.7. The molecule has 0 fully saturated rings. The average molecular weight is 341 g/mol. The summed E-state index contributed by atoms with van der Waals surface area (Å²) >= 11 is 1.39. The van der Waals surface area contributed by atoms with Gasteiger partial charge in [-0.1, -0.05) is 24.3 Å². The van der Waals surface area contributed by atoms with Crippen molar-refractivity contribution >= 4 is 33.2 Å². The minimum atomic E-state index is -0.211. The van der Waals surface area contributed by atoms with Crippen LogP contribution in [0.25, 0.3) is 10.2 Å². The average Bonchev–Trinajstić information content (AvgIpc) is 3.05. The monoisotopic (exact) mass is 341 g/mol. The second-order valence-electron chi connectivity index (χ2n) is 5.35. The first-order chi connectivity index (χ1) is 11.5. The largest absolute Gasteiger partial charge is 0.352 e. The lowest BCUT2D eigenvalue weighted by Gasteiger charge is -2.06. The van der Waals surface area contributed by atoms with Gasteiger partial charge in [0.2, 0.25) is 5.91 Å². The van der Waals surface area contributed by atoms with Crippen LogP contribution in [0.4, 0.5) is 0 Å². The Kier molecular flexibility index (Phi) is 4.52. The van der Waals surface area contributed by atoms with Gasteiger partial charge in [-0.15, -0.1) is 11.3 Å². The Bertz CT molecular complexity index is 957. The maximum Gasteiger partial charge on any atom is 0.262 e. The van der Waals surface area contributed by atoms with Crippen LogP contribution in [0.5, 0.6) is 0 Å². The van der Waals surface area contributed by atoms with Crippen molar-refractivity contribution in [3.63, 3.8) is 0 Å². The molecule has 0 saturated heterocycles. The molecule has 3 rings (SSSR count). The van der Waals surface area contributed by atoms with E-state index in [0.29, 0.717) is 22.3 Å². The number of Topliss-reactive ketones (excluding diaryl/α,β-unsaturated/α-hetero) is 1. The number of carbonyl (C=O) groups is 2. The number of fused-ring (bicyclic) bond motifs is 1. The van der Waals surface area contributed by atoms with Gasteiger partial charge in [0.05, 0.1) is 18.3 Å². The maximum atomic E-state index is 12.4. The second kappa shape index (κ2) is 6.76. The van der Waals surface area contributed by atoms with Crippen molar-refractivity contribution < 1.29 is 9.59 Å². The number of benzene rings is 1. The zero-order chi connectivity index (χ0) is 17.1. The maximum absolute atomic E-state index is 12.4. The van der Waals surface area contributed by atoms with Gasteiger partial charge in [-0.25, -0.2) is 4.98 Å². The Labute approximate surface area is 141 Å². The Morgan fingerprint density at radius 3 is 2.67 bits per heavy atom. The highest BCUT2D eigenvalue weighted by Gasteiger charge is 2.11. The predicted octanol–water partition coefficient (Wildman–Crippen LogP) is 1.98. The molecular formula is C17H15N3O3S. The molecule has 2 aromatic heterocycles. The van der Waals surface area contributed by atoms with Crippen molar-refractivity contribution in [3.8, 4) is 0 Å². The lowest BCUT2D eigenvalue weighted by atomic mass is 10.1. The minimum absolute atomic E-state index is 0.0529. The van der Waals surface area contributed by atoms with Crippen LogP contribution in [0.2, 0.25) is 0 Å². The molecule has 24 heavy (non-hydrogen) atoms. The topological polar surface area (TPSA) is 81.1 Å². The van der Waals surface area contributed by atoms with E-state index >= 15 is 0 Å². The molecule has 0 unspecified atom stereocenters. The van der Waals surface area contributed by atoms with Crippen LogP contribution in [-0.2, 0) is 17.9 Å². The van der Waals surface area contributed by atoms with Crippen LogP contribution in [0.15, 0.2) is 46.8 Å². The second-order valence-corrected chi connectivity index (χ2v) is 6.24. The van der Waals surface area contributed by atoms with E-state index in [1.165, 1.54) is 29.2 Å². The van der Waals surface area contributed by atoms with Gasteiger partial charge in [-0.3, -0.25) is 19.0 Å². The molecule has 1 N–H and O–H groups in total. The summed E-state index contributed by atoms with van der Waals surface area (Å²) < 4.78 is 1.32. The first-order valence-electron chi connectivity index (χ1n) is 7.34. The van der Waals surface area contributed by atoms with Crippen LogP contribution in [0.1, 0.15) is 22.8 Å². The fourth-order valence-corrected chi connectivity index (χ4v) is 3.01. The van der Waals surface area contributed by atoms with Crippen molar-refractivity contribution in [1.82, 2.24) is 14.9 Å². The van der Waals surface area contributed by atoms with E-state index in [2.05, 4.69) is 10.3 Å². The Morgan fingerprint density at radius 2 is 1.96 bits per heavy atom. The van der Waals surface area contributed by atoms with Gasteiger partial charge in [-0.2, -0.15) is 0 Å². The molecule has 0 aliphatic carbocycles. The number of aromatic nitrogens is 2. The standard InChI is InChI=1S/C17H15N3O3S/c1-11(21)18-8-12-2-4-13(5-3-12)15(22)9-20-10-19-16-14(17(20)23)6-7-24-16/h2-7,10H,8-9H2,1H3,(H,18,21). The molecular weight excluding hydrogens is 326 g/mol. The summed E-state index contributed by atoms with van der Waals surface area (Å²) in [7, 11) is 0. The highest BCUT2D eigenvalue weighted by Crippen LogP contribution is 2.13. The molecule has 0 saturated carbocycles. The number of amides is 1. The number of nitrogens with one attached hydrogen (secondary N) is 1. The summed E-state index contributed by atoms with van der Waals surface area (Å²) in [6.07, 6.45) is 1.41. The SMILES string of the molecule is CC(=O)NCc1ccc(C(=O)Cn2cnc3sccc3c2=O)cc1. The third-order valence-electron chi connectivity index (χ3n) is 3.58. The molecule has 2 heterocycles. The van der Waals surface area contributed by atoms with Crippen LogP contribution in [0.3, 0.4) is 0 Å². The molecule has 0 spiro atoms. The number of hydrogen-bond donors (Lipinski definition) is 1. The van der Waals surface area contributed by atoms with Gasteiger partial charge in [0.1, 0.15) is 4.83 Å². The summed E-state index contributed by atoms with van der Waals surface area (Å²) in [4.78, 5) is 40.4. The van der Waals surface area contributed by atoms with E-state index in [1.807, 2.05) is 0 Å². The summed E-state index contributed by atoms with van der Waals surface area (Å²) in [6.45, 7) is 1.82. The number of thiophene rings is 1. The summed E-state index contributed by atoms with van der Waals surface area (Å²) in [5, 5.41) is 5.03. The van der Waals surface area contributed by atoms with Crippen LogP contribution < -0.4 is 10.9 Å². The van der Waals surface area contributed by atoms with E-state index in [-0.39, 0.29) is 23.8 Å². The van der Waals surface area contributed by atoms with E-state index in [9.17, 15) is 14.4 Å². The van der Waals surface area contributed by atoms with Crippen molar-refractivity contribution in [2.75, 3.05) is 0 Å². The molecule has 3 aromatic rings. The smallest absolute Gasteiger partial charge is 0.262 e. The fourth-order valence-electron chi connectivity index (χ4n) is 2.29. The lowest BCUT2D eigenvalue weighted by molar-refractivity contribution is -0.119. The van der Waals surface area contributed by atoms with Crippen LogP contribution >= 0.6 is 11.3 Å². The molecule has 0 atom stereocenters. The van der Waals surface area contributed by atoms with Gasteiger partial charge in [0, 0.05) is 19.0 Å². The zero-order valence-electron chi connectivity index (χ0n) is 13.0. The molecule has 0 bridgehead atoms. The van der Waals surface area contributed by atoms with Crippen molar-refractivity contribution in [1.29, 1.82) is 0 Å². The van der Waals surface area contributed by atoms with E-state index in [1.54, 1.807) is 35.7 Å². The zero-order valence-corrected chi connectivity index (χ0v) is 13.8. The van der Waals surface area contributed by atoms with Crippen LogP contribution in [0, 0.1) is 0 Å². The van der Waals surface area contributed by atoms with Gasteiger partial charge in [0.15, 0.2) is 5.78 Å². The fraction of sp³-hybridized carbons (Fsp3) is 0.176. The van der Waals surface area contributed by atoms with Gasteiger partial charge in [-0.05, 0) is 17.0 Å². The number of hydrogen-bond acceptors (Lipinski definition) is 5. The molecule has 6 nitrogen and oxygen atoms in total. The molecule has 0 aliphatic rings. The molecule has 1 aromatic carbocycles. The third kappa shape index (κ3) is 3.41. The third-order valence-corrected chi connectivity index (χ3v) is 4.40. The lowest BCUT2D eigenvalue weighted by Crippen LogP contribution is -2.24. The van der Waals surface area contributed by atoms with Crippen molar-refractivity contribution in [2.45, 2.75) is 20.0 Å². The quantitative estimate of drug-likeness (QED) is 0.720. The number of rotatable bonds is 5. The Hall–Kier alpha value is -2.80. The Balaban J connectivity index is 1.75. The highest BCUT2D eigenvalue weighted by atomic mass is 32.1. The van der Waals surface area contributed by atoms with Gasteiger partial charge in [0.25, 0.3) is 5.56 Å². The number of ketones is 1. The van der Waals surface area contributed by atoms with E-state index < -0.39 is 0 Å². The summed E-state index contributed by atoms with van der Waals surface area (Å²) in [6, 6.07) is 8.67. The van der Waals surface area contributed by atoms with Crippen LogP contribution in [-0.4, -0.2) is 21.2 Å². The van der Waals surface area contributed by atoms with Crippen molar-refractivity contribution in [2.24, 2.45) is 0 Å². The van der Waals surface area contributed by atoms with Gasteiger partial charge >= 0.3 is 0 Å². The van der Waals surface area contributed by atoms with E-state index in [4.69, 9.17) is 0 Å². The van der Waals surface area contributed by atoms with Gasteiger partial charge < -0.3 is 5.32 Å². The molecule has 0 radical (unpaired) electrons. The van der Waals surface area contributed by atoms with E-state index in [0.717, 1.165) is 5.56 Å². The first kappa shape index (κ1) is 16.1. The first-order valence-corrected chi connectivity index (χ1v) is 8.22. The predicted molar refractivity (Wildman–Crippen MR) is 92.2 cm³/mol. The molecule has 0 aliphatic heterocycles. The highest BCUT2D eigenvalue weighted by molar-refractivity contribution is 7.16.